The molecular formula is C22H30N4O7S. The highest BCUT2D eigenvalue weighted by Crippen LogP contribution is 2.40. The van der Waals surface area contributed by atoms with Gasteiger partial charge in [0.15, 0.2) is 0 Å². The van der Waals surface area contributed by atoms with Crippen molar-refractivity contribution in [3.05, 3.63) is 28.8 Å². The molecule has 1 aromatic carbocycles. The summed E-state index contributed by atoms with van der Waals surface area (Å²) in [6.45, 7) is 6.42. The summed E-state index contributed by atoms with van der Waals surface area (Å²) >= 11 is 0. The number of hydrogen-bond donors (Lipinski definition) is 3. The number of rotatable bonds is 7. The zero-order valence-corrected chi connectivity index (χ0v) is 20.5. The third kappa shape index (κ3) is 5.11. The molecule has 186 valence electrons. The number of nitrogens with zero attached hydrogens (tertiary/aromatic N) is 1. The molecule has 0 aromatic heterocycles. The molecule has 0 saturated heterocycles. The van der Waals surface area contributed by atoms with Crippen LogP contribution >= 0.6 is 0 Å². The molecule has 34 heavy (non-hydrogen) atoms. The van der Waals surface area contributed by atoms with Gasteiger partial charge in [0.2, 0.25) is 0 Å². The summed E-state index contributed by atoms with van der Waals surface area (Å²) in [6, 6.07) is 1.51. The van der Waals surface area contributed by atoms with E-state index in [-0.39, 0.29) is 42.2 Å². The predicted molar refractivity (Wildman–Crippen MR) is 123 cm³/mol. The fourth-order valence-corrected chi connectivity index (χ4v) is 5.18. The van der Waals surface area contributed by atoms with Crippen molar-refractivity contribution in [2.75, 3.05) is 33.4 Å². The Kier molecular flexibility index (Phi) is 7.70. The van der Waals surface area contributed by atoms with Gasteiger partial charge in [0.25, 0.3) is 15.9 Å². The van der Waals surface area contributed by atoms with E-state index in [4.69, 9.17) is 9.47 Å². The zero-order valence-electron chi connectivity index (χ0n) is 19.7. The molecule has 3 rings (SSSR count). The van der Waals surface area contributed by atoms with Crippen molar-refractivity contribution in [3.8, 4) is 11.5 Å². The predicted octanol–water partition coefficient (Wildman–Crippen LogP) is 1.85. The number of imide groups is 1. The molecule has 0 fully saturated rings. The van der Waals surface area contributed by atoms with Crippen LogP contribution in [0.1, 0.15) is 45.1 Å². The van der Waals surface area contributed by atoms with Gasteiger partial charge in [-0.1, -0.05) is 6.92 Å². The van der Waals surface area contributed by atoms with E-state index in [1.165, 1.54) is 24.1 Å². The highest BCUT2D eigenvalue weighted by atomic mass is 32.2. The highest BCUT2D eigenvalue weighted by molar-refractivity contribution is 7.90. The monoisotopic (exact) mass is 494 g/mol. The minimum absolute atomic E-state index is 0.0543. The number of carbonyl (C=O) groups is 3. The molecule has 0 aliphatic carbocycles. The molecule has 12 heteroatoms. The fourth-order valence-electron chi connectivity index (χ4n) is 4.06. The quantitative estimate of drug-likeness (QED) is 0.525. The molecule has 11 nitrogen and oxygen atoms in total. The van der Waals surface area contributed by atoms with E-state index < -0.39 is 22.1 Å². The summed E-state index contributed by atoms with van der Waals surface area (Å²) in [5.41, 5.74) is 2.08. The molecule has 1 aromatic rings. The first-order chi connectivity index (χ1) is 16.1. The topological polar surface area (TPSA) is 143 Å². The third-order valence-corrected chi connectivity index (χ3v) is 7.15. The molecule has 0 radical (unpaired) electrons. The smallest absolute Gasteiger partial charge is 0.328 e. The van der Waals surface area contributed by atoms with Gasteiger partial charge in [-0.25, -0.2) is 22.7 Å². The summed E-state index contributed by atoms with van der Waals surface area (Å²) in [5, 5.41) is 5.00. The van der Waals surface area contributed by atoms with E-state index in [9.17, 15) is 22.8 Å². The number of carbonyl (C=O) groups excluding carboxylic acids is 3. The summed E-state index contributed by atoms with van der Waals surface area (Å²) in [4.78, 5) is 37.8. The first-order valence-electron chi connectivity index (χ1n) is 11.1. The van der Waals surface area contributed by atoms with Crippen molar-refractivity contribution in [1.82, 2.24) is 20.3 Å². The van der Waals surface area contributed by atoms with E-state index in [0.29, 0.717) is 36.3 Å². The Morgan fingerprint density at radius 3 is 2.62 bits per heavy atom. The number of hydrogen-bond acceptors (Lipinski definition) is 7. The van der Waals surface area contributed by atoms with Crippen LogP contribution in [0.2, 0.25) is 0 Å². The normalized spacial score (nSPS) is 17.7. The van der Waals surface area contributed by atoms with Crippen molar-refractivity contribution in [1.29, 1.82) is 0 Å². The summed E-state index contributed by atoms with van der Waals surface area (Å²) in [5.74, 6) is -0.0656. The second-order valence-corrected chi connectivity index (χ2v) is 9.63. The second-order valence-electron chi connectivity index (χ2n) is 7.98. The second kappa shape index (κ2) is 10.3. The summed E-state index contributed by atoms with van der Waals surface area (Å²) in [7, 11) is -2.93. The lowest BCUT2D eigenvalue weighted by molar-refractivity contribution is -0.123. The molecule has 2 aliphatic heterocycles. The SMILES string of the molecule is CCOc1cc2c(cc1S(=O)(=O)NC(=O)NC)C(CNC(=O)N1CC(C)=C(CC)C1=O)CCO2. The maximum absolute atomic E-state index is 12.8. The number of nitrogens with one attached hydrogen (secondary N) is 3. The number of ether oxygens (including phenoxy) is 2. The van der Waals surface area contributed by atoms with Crippen LogP contribution < -0.4 is 24.8 Å². The molecular weight excluding hydrogens is 464 g/mol. The van der Waals surface area contributed by atoms with Gasteiger partial charge < -0.3 is 20.1 Å². The maximum atomic E-state index is 12.8. The average Bonchev–Trinajstić information content (AvgIpc) is 3.09. The molecule has 1 atom stereocenters. The van der Waals surface area contributed by atoms with Crippen molar-refractivity contribution in [3.63, 3.8) is 0 Å². The van der Waals surface area contributed by atoms with Crippen molar-refractivity contribution in [2.24, 2.45) is 0 Å². The molecule has 2 aliphatic rings. The Morgan fingerprint density at radius 2 is 2.00 bits per heavy atom. The molecule has 5 amide bonds. The summed E-state index contributed by atoms with van der Waals surface area (Å²) < 4.78 is 38.8. The van der Waals surface area contributed by atoms with Crippen LogP contribution in [0.5, 0.6) is 11.5 Å². The number of urea groups is 2. The van der Waals surface area contributed by atoms with Crippen molar-refractivity contribution in [2.45, 2.75) is 44.4 Å². The Balaban J connectivity index is 1.84. The lowest BCUT2D eigenvalue weighted by Crippen LogP contribution is -2.43. The maximum Gasteiger partial charge on any atom is 0.328 e. The van der Waals surface area contributed by atoms with Gasteiger partial charge in [0.1, 0.15) is 16.4 Å². The Hall–Kier alpha value is -3.28. The minimum atomic E-state index is -4.24. The van der Waals surface area contributed by atoms with Crippen LogP contribution in [0.4, 0.5) is 9.59 Å². The van der Waals surface area contributed by atoms with Crippen LogP contribution in [0, 0.1) is 0 Å². The molecule has 1 unspecified atom stereocenters. The van der Waals surface area contributed by atoms with Crippen molar-refractivity contribution < 1.29 is 32.3 Å². The zero-order chi connectivity index (χ0) is 25.0. The number of sulfonamides is 1. The van der Waals surface area contributed by atoms with Gasteiger partial charge in [0, 0.05) is 36.7 Å². The van der Waals surface area contributed by atoms with Crippen LogP contribution in [-0.4, -0.2) is 64.6 Å². The standard InChI is InChI=1S/C22H30N4O7S/c1-5-15-13(3)12-26(20(15)27)22(29)24-11-14-7-8-33-17-10-18(32-6-2)19(9-16(14)17)34(30,31)25-21(28)23-4/h9-10,14H,5-8,11-12H2,1-4H3,(H,24,29)(H2,23,25,28). The van der Waals surface area contributed by atoms with Gasteiger partial charge in [-0.3, -0.25) is 9.69 Å². The first kappa shape index (κ1) is 25.3. The third-order valence-electron chi connectivity index (χ3n) is 5.80. The van der Waals surface area contributed by atoms with Crippen LogP contribution in [0.15, 0.2) is 28.2 Å². The Bertz CT molecular complexity index is 1130. The van der Waals surface area contributed by atoms with E-state index in [1.807, 2.05) is 18.6 Å². The first-order valence-corrected chi connectivity index (χ1v) is 12.6. The lowest BCUT2D eigenvalue weighted by atomic mass is 9.93. The fraction of sp³-hybridized carbons (Fsp3) is 0.500. The molecule has 0 saturated carbocycles. The lowest BCUT2D eigenvalue weighted by Gasteiger charge is -2.28. The summed E-state index contributed by atoms with van der Waals surface area (Å²) in [6.07, 6.45) is 1.08. The van der Waals surface area contributed by atoms with Gasteiger partial charge in [-0.2, -0.15) is 0 Å². The molecule has 0 spiro atoms. The van der Waals surface area contributed by atoms with E-state index in [2.05, 4.69) is 10.6 Å². The number of fused-ring (bicyclic) bond motifs is 1. The van der Waals surface area contributed by atoms with E-state index >= 15 is 0 Å². The Morgan fingerprint density at radius 1 is 1.26 bits per heavy atom. The van der Waals surface area contributed by atoms with Gasteiger partial charge >= 0.3 is 12.1 Å². The molecule has 2 heterocycles. The van der Waals surface area contributed by atoms with Crippen LogP contribution in [-0.2, 0) is 14.8 Å². The number of benzene rings is 1. The largest absolute Gasteiger partial charge is 0.493 e. The minimum Gasteiger partial charge on any atom is -0.493 e. The number of amides is 5. The molecule has 3 N–H and O–H groups in total. The van der Waals surface area contributed by atoms with E-state index in [1.54, 1.807) is 6.92 Å². The van der Waals surface area contributed by atoms with Gasteiger partial charge in [0.05, 0.1) is 19.8 Å². The highest BCUT2D eigenvalue weighted by Gasteiger charge is 2.33. The Labute approximate surface area is 198 Å². The van der Waals surface area contributed by atoms with Crippen molar-refractivity contribution >= 4 is 28.0 Å². The van der Waals surface area contributed by atoms with Crippen LogP contribution in [0.3, 0.4) is 0 Å². The average molecular weight is 495 g/mol. The van der Waals surface area contributed by atoms with Gasteiger partial charge in [-0.05, 0) is 38.3 Å². The van der Waals surface area contributed by atoms with Gasteiger partial charge in [-0.15, -0.1) is 0 Å². The van der Waals surface area contributed by atoms with Crippen LogP contribution in [0.25, 0.3) is 0 Å². The van der Waals surface area contributed by atoms with E-state index in [0.717, 1.165) is 5.57 Å². The molecule has 0 bridgehead atoms.